The summed E-state index contributed by atoms with van der Waals surface area (Å²) in [4.78, 5) is 16.1. The molecule has 0 saturated heterocycles. The van der Waals surface area contributed by atoms with Crippen LogP contribution in [0.3, 0.4) is 0 Å². The Balaban J connectivity index is 1.63. The standard InChI is InChI=1S/C17H13ClN2O4/c18-14-3-1-2-13(8-14)16-19-15(24-20-16)10-23-17(22)12-6-4-11(9-21)5-7-12/h1-8,21H,9-10H2. The third-order valence-corrected chi connectivity index (χ3v) is 3.48. The van der Waals surface area contributed by atoms with E-state index >= 15 is 0 Å². The Morgan fingerprint density at radius 2 is 2.00 bits per heavy atom. The molecule has 24 heavy (non-hydrogen) atoms. The maximum absolute atomic E-state index is 11.9. The van der Waals surface area contributed by atoms with Gasteiger partial charge in [0.15, 0.2) is 6.61 Å². The molecular formula is C17H13ClN2O4. The molecule has 3 rings (SSSR count). The van der Waals surface area contributed by atoms with E-state index in [1.165, 1.54) is 0 Å². The average Bonchev–Trinajstić information content (AvgIpc) is 3.09. The number of aliphatic hydroxyl groups is 1. The van der Waals surface area contributed by atoms with Crippen LogP contribution in [0.4, 0.5) is 0 Å². The predicted octanol–water partition coefficient (Wildman–Crippen LogP) is 3.24. The van der Waals surface area contributed by atoms with Gasteiger partial charge in [0, 0.05) is 10.6 Å². The number of carbonyl (C=O) groups is 1. The van der Waals surface area contributed by atoms with Crippen molar-refractivity contribution in [3.8, 4) is 11.4 Å². The van der Waals surface area contributed by atoms with Crippen molar-refractivity contribution in [1.29, 1.82) is 0 Å². The first kappa shape index (κ1) is 16.2. The fraction of sp³-hybridized carbons (Fsp3) is 0.118. The molecule has 0 aliphatic heterocycles. The predicted molar refractivity (Wildman–Crippen MR) is 86.2 cm³/mol. The van der Waals surface area contributed by atoms with E-state index < -0.39 is 5.97 Å². The second kappa shape index (κ2) is 7.25. The van der Waals surface area contributed by atoms with Gasteiger partial charge in [-0.05, 0) is 29.8 Å². The number of esters is 1. The lowest BCUT2D eigenvalue weighted by Crippen LogP contribution is -2.05. The van der Waals surface area contributed by atoms with E-state index in [0.717, 1.165) is 5.56 Å². The molecule has 0 saturated carbocycles. The molecule has 1 N–H and O–H groups in total. The van der Waals surface area contributed by atoms with Gasteiger partial charge in [0.2, 0.25) is 5.82 Å². The van der Waals surface area contributed by atoms with Crippen molar-refractivity contribution in [2.75, 3.05) is 0 Å². The van der Waals surface area contributed by atoms with Crippen LogP contribution in [0.2, 0.25) is 5.02 Å². The zero-order valence-corrected chi connectivity index (χ0v) is 13.2. The number of nitrogens with zero attached hydrogens (tertiary/aromatic N) is 2. The van der Waals surface area contributed by atoms with Gasteiger partial charge in [0.1, 0.15) is 0 Å². The second-order valence-electron chi connectivity index (χ2n) is 4.95. The van der Waals surface area contributed by atoms with Gasteiger partial charge in [0.05, 0.1) is 12.2 Å². The molecule has 0 radical (unpaired) electrons. The monoisotopic (exact) mass is 344 g/mol. The molecule has 0 atom stereocenters. The van der Waals surface area contributed by atoms with Crippen molar-refractivity contribution in [2.24, 2.45) is 0 Å². The van der Waals surface area contributed by atoms with Crippen molar-refractivity contribution < 1.29 is 19.2 Å². The minimum Gasteiger partial charge on any atom is -0.452 e. The zero-order chi connectivity index (χ0) is 16.9. The second-order valence-corrected chi connectivity index (χ2v) is 5.39. The maximum Gasteiger partial charge on any atom is 0.338 e. The summed E-state index contributed by atoms with van der Waals surface area (Å²) in [6, 6.07) is 13.5. The molecule has 0 unspecified atom stereocenters. The van der Waals surface area contributed by atoms with E-state index in [1.54, 1.807) is 48.5 Å². The number of carbonyl (C=O) groups excluding carboxylic acids is 1. The van der Waals surface area contributed by atoms with Gasteiger partial charge in [-0.2, -0.15) is 4.98 Å². The zero-order valence-electron chi connectivity index (χ0n) is 12.5. The molecule has 0 bridgehead atoms. The summed E-state index contributed by atoms with van der Waals surface area (Å²) in [5.74, 6) is 0.0446. The van der Waals surface area contributed by atoms with E-state index in [2.05, 4.69) is 10.1 Å². The van der Waals surface area contributed by atoms with Gasteiger partial charge in [-0.3, -0.25) is 0 Å². The van der Waals surface area contributed by atoms with E-state index in [1.807, 2.05) is 0 Å². The fourth-order valence-corrected chi connectivity index (χ4v) is 2.21. The van der Waals surface area contributed by atoms with Crippen LogP contribution >= 0.6 is 11.6 Å². The summed E-state index contributed by atoms with van der Waals surface area (Å²) in [6.07, 6.45) is 0. The number of benzene rings is 2. The number of halogens is 1. The Morgan fingerprint density at radius 1 is 1.21 bits per heavy atom. The molecule has 2 aromatic carbocycles. The quantitative estimate of drug-likeness (QED) is 0.715. The number of aromatic nitrogens is 2. The molecule has 1 aromatic heterocycles. The van der Waals surface area contributed by atoms with E-state index in [4.69, 9.17) is 26.0 Å². The minimum absolute atomic E-state index is 0.0798. The van der Waals surface area contributed by atoms with Crippen LogP contribution < -0.4 is 0 Å². The highest BCUT2D eigenvalue weighted by Gasteiger charge is 2.12. The molecule has 0 fully saturated rings. The maximum atomic E-state index is 11.9. The van der Waals surface area contributed by atoms with Crippen LogP contribution in [0.25, 0.3) is 11.4 Å². The Hall–Kier alpha value is -2.70. The van der Waals surface area contributed by atoms with Crippen LogP contribution in [-0.2, 0) is 18.0 Å². The van der Waals surface area contributed by atoms with Crippen LogP contribution in [0.15, 0.2) is 53.1 Å². The molecule has 0 aliphatic rings. The molecular weight excluding hydrogens is 332 g/mol. The van der Waals surface area contributed by atoms with Crippen LogP contribution in [0.1, 0.15) is 21.8 Å². The number of aliphatic hydroxyl groups excluding tert-OH is 1. The van der Waals surface area contributed by atoms with Gasteiger partial charge in [-0.15, -0.1) is 0 Å². The highest BCUT2D eigenvalue weighted by molar-refractivity contribution is 6.30. The van der Waals surface area contributed by atoms with Crippen molar-refractivity contribution in [3.63, 3.8) is 0 Å². The lowest BCUT2D eigenvalue weighted by Gasteiger charge is -2.02. The molecule has 6 nitrogen and oxygen atoms in total. The first-order valence-corrected chi connectivity index (χ1v) is 7.49. The van der Waals surface area contributed by atoms with Gasteiger partial charge in [0.25, 0.3) is 5.89 Å². The van der Waals surface area contributed by atoms with Gasteiger partial charge in [-0.25, -0.2) is 4.79 Å². The molecule has 7 heteroatoms. The number of rotatable bonds is 5. The Morgan fingerprint density at radius 3 is 2.71 bits per heavy atom. The summed E-state index contributed by atoms with van der Waals surface area (Å²) in [5, 5.41) is 13.4. The van der Waals surface area contributed by atoms with Gasteiger partial charge < -0.3 is 14.4 Å². The summed E-state index contributed by atoms with van der Waals surface area (Å²) in [5.41, 5.74) is 1.81. The molecule has 1 heterocycles. The Bertz CT molecular complexity index is 846. The molecule has 122 valence electrons. The van der Waals surface area contributed by atoms with E-state index in [9.17, 15) is 4.79 Å². The highest BCUT2D eigenvalue weighted by atomic mass is 35.5. The Labute approximate surface area is 142 Å². The lowest BCUT2D eigenvalue weighted by molar-refractivity contribution is 0.0429. The number of ether oxygens (including phenoxy) is 1. The number of hydrogen-bond acceptors (Lipinski definition) is 6. The number of hydrogen-bond donors (Lipinski definition) is 1. The van der Waals surface area contributed by atoms with Crippen molar-refractivity contribution in [2.45, 2.75) is 13.2 Å². The van der Waals surface area contributed by atoms with Crippen LogP contribution in [0.5, 0.6) is 0 Å². The summed E-state index contributed by atoms with van der Waals surface area (Å²) < 4.78 is 10.2. The minimum atomic E-state index is -0.512. The normalized spacial score (nSPS) is 10.6. The first-order chi connectivity index (χ1) is 11.7. The topological polar surface area (TPSA) is 85.5 Å². The Kier molecular flexibility index (Phi) is 4.88. The summed E-state index contributed by atoms with van der Waals surface area (Å²) in [7, 11) is 0. The summed E-state index contributed by atoms with van der Waals surface area (Å²) in [6.45, 7) is -0.211. The van der Waals surface area contributed by atoms with Crippen LogP contribution in [0, 0.1) is 0 Å². The highest BCUT2D eigenvalue weighted by Crippen LogP contribution is 2.20. The van der Waals surface area contributed by atoms with Gasteiger partial charge in [-0.1, -0.05) is 41.0 Å². The molecule has 0 aliphatic carbocycles. The smallest absolute Gasteiger partial charge is 0.338 e. The van der Waals surface area contributed by atoms with Crippen molar-refractivity contribution in [3.05, 3.63) is 70.6 Å². The average molecular weight is 345 g/mol. The van der Waals surface area contributed by atoms with Gasteiger partial charge >= 0.3 is 5.97 Å². The largest absolute Gasteiger partial charge is 0.452 e. The third-order valence-electron chi connectivity index (χ3n) is 3.25. The lowest BCUT2D eigenvalue weighted by atomic mass is 10.1. The van der Waals surface area contributed by atoms with Crippen molar-refractivity contribution in [1.82, 2.24) is 10.1 Å². The molecule has 3 aromatic rings. The van der Waals surface area contributed by atoms with E-state index in [-0.39, 0.29) is 19.1 Å². The van der Waals surface area contributed by atoms with Crippen molar-refractivity contribution >= 4 is 17.6 Å². The first-order valence-electron chi connectivity index (χ1n) is 7.11. The van der Waals surface area contributed by atoms with E-state index in [0.29, 0.717) is 22.0 Å². The molecule has 0 amide bonds. The van der Waals surface area contributed by atoms with Crippen LogP contribution in [-0.4, -0.2) is 21.2 Å². The SMILES string of the molecule is O=C(OCc1nc(-c2cccc(Cl)c2)no1)c1ccc(CO)cc1. The molecule has 0 spiro atoms. The summed E-state index contributed by atoms with van der Waals surface area (Å²) >= 11 is 5.92. The third kappa shape index (κ3) is 3.79. The fourth-order valence-electron chi connectivity index (χ4n) is 2.02.